The van der Waals surface area contributed by atoms with Crippen LogP contribution in [0.2, 0.25) is 0 Å². The summed E-state index contributed by atoms with van der Waals surface area (Å²) in [5.41, 5.74) is 6.55. The number of aromatic nitrogens is 6. The predicted octanol–water partition coefficient (Wildman–Crippen LogP) is 7.48. The van der Waals surface area contributed by atoms with Crippen molar-refractivity contribution >= 4 is 23.9 Å². The zero-order valence-corrected chi connectivity index (χ0v) is 33.3. The Morgan fingerprint density at radius 1 is 0.678 bits per heavy atom. The van der Waals surface area contributed by atoms with Gasteiger partial charge in [0.15, 0.2) is 0 Å². The van der Waals surface area contributed by atoms with Crippen molar-refractivity contribution in [3.63, 3.8) is 0 Å². The summed E-state index contributed by atoms with van der Waals surface area (Å²) in [5, 5.41) is 5.96. The van der Waals surface area contributed by atoms with E-state index < -0.39 is 18.2 Å². The summed E-state index contributed by atoms with van der Waals surface area (Å²) in [7, 11) is 1.28. The molecule has 2 saturated heterocycles. The van der Waals surface area contributed by atoms with Gasteiger partial charge in [0.1, 0.15) is 23.7 Å². The first-order valence-corrected chi connectivity index (χ1v) is 20.1. The Balaban J connectivity index is 0.920. The van der Waals surface area contributed by atoms with Crippen LogP contribution in [0, 0.1) is 5.92 Å². The minimum absolute atomic E-state index is 0.0206. The summed E-state index contributed by atoms with van der Waals surface area (Å²) in [6, 6.07) is 25.9. The number of hydrogen-bond donors (Lipinski definition) is 4. The van der Waals surface area contributed by atoms with Crippen LogP contribution in [0.1, 0.15) is 74.9 Å². The summed E-state index contributed by atoms with van der Waals surface area (Å²) in [6.07, 6.45) is 9.63. The van der Waals surface area contributed by atoms with E-state index in [1.54, 1.807) is 29.6 Å². The normalized spacial score (nSPS) is 17.5. The van der Waals surface area contributed by atoms with E-state index in [-0.39, 0.29) is 29.8 Å². The number of anilines is 1. The average Bonchev–Trinajstić information content (AvgIpc) is 4.12. The van der Waals surface area contributed by atoms with Gasteiger partial charge in [0.2, 0.25) is 11.9 Å². The van der Waals surface area contributed by atoms with E-state index >= 15 is 0 Å². The lowest BCUT2D eigenvalue weighted by Gasteiger charge is -2.30. The fourth-order valence-corrected chi connectivity index (χ4v) is 8.10. The molecule has 8 rings (SSSR count). The van der Waals surface area contributed by atoms with Crippen LogP contribution in [0.4, 0.5) is 10.7 Å². The summed E-state index contributed by atoms with van der Waals surface area (Å²) < 4.78 is 4.83. The number of benzene rings is 3. The zero-order chi connectivity index (χ0) is 40.9. The van der Waals surface area contributed by atoms with E-state index in [0.717, 1.165) is 65.1 Å². The molecule has 4 atom stereocenters. The minimum Gasteiger partial charge on any atom is -0.453 e. The lowest BCUT2D eigenvalue weighted by molar-refractivity contribution is -0.135. The van der Waals surface area contributed by atoms with Crippen LogP contribution < -0.4 is 10.6 Å². The number of imidazole rings is 2. The van der Waals surface area contributed by atoms with Crippen molar-refractivity contribution in [2.75, 3.05) is 25.5 Å². The van der Waals surface area contributed by atoms with E-state index in [1.165, 1.54) is 7.11 Å². The molecular formula is C45H48N10O4. The fourth-order valence-electron chi connectivity index (χ4n) is 8.10. The number of amides is 3. The third kappa shape index (κ3) is 8.43. The van der Waals surface area contributed by atoms with E-state index in [4.69, 9.17) is 14.7 Å². The number of nitrogens with one attached hydrogen (secondary N) is 4. The summed E-state index contributed by atoms with van der Waals surface area (Å²) in [4.78, 5) is 68.6. The number of carbonyl (C=O) groups is 3. The highest BCUT2D eigenvalue weighted by Gasteiger charge is 2.38. The van der Waals surface area contributed by atoms with Crippen molar-refractivity contribution < 1.29 is 19.1 Å². The Bertz CT molecular complexity index is 2360. The first-order valence-electron chi connectivity index (χ1n) is 20.1. The third-order valence-electron chi connectivity index (χ3n) is 11.2. The number of methoxy groups -OCH3 is 1. The van der Waals surface area contributed by atoms with Crippen molar-refractivity contribution in [1.82, 2.24) is 45.0 Å². The number of H-pyrrole nitrogens is 2. The molecule has 3 aromatic carbocycles. The molecule has 2 aliphatic heterocycles. The summed E-state index contributed by atoms with van der Waals surface area (Å²) in [5.74, 6) is 1.78. The highest BCUT2D eigenvalue weighted by molar-refractivity contribution is 5.87. The molecule has 2 aliphatic rings. The van der Waals surface area contributed by atoms with Gasteiger partial charge in [-0.05, 0) is 65.5 Å². The molecule has 302 valence electrons. The standard InChI is InChI=1S/C45H48N10O4/c1-28(2)38(52-44-46-22-9-23-47-44)42(56)54-24-7-12-36(54)40-48-26-34(50-40)31-18-14-29(15-19-31)30-16-20-32(21-17-30)35-27-49-41(51-35)37-13-8-25-55(37)43(57)39(53-45(58)59-3)33-10-5-4-6-11-33/h4-6,9-11,14-23,26-28,36-39H,7-8,12-13,24-25H2,1-3H3,(H,48,50)(H,49,51)(H,53,58)(H,46,47,52)/t36-,37-,38+,39+/m0/s1. The van der Waals surface area contributed by atoms with Crippen molar-refractivity contribution in [2.24, 2.45) is 5.92 Å². The Kier molecular flexibility index (Phi) is 11.5. The number of rotatable bonds is 12. The predicted molar refractivity (Wildman–Crippen MR) is 223 cm³/mol. The molecule has 2 fully saturated rings. The maximum atomic E-state index is 13.9. The molecule has 0 bridgehead atoms. The topological polar surface area (TPSA) is 174 Å². The first kappa shape index (κ1) is 39.0. The second-order valence-corrected chi connectivity index (χ2v) is 15.3. The number of nitrogens with zero attached hydrogens (tertiary/aromatic N) is 6. The zero-order valence-electron chi connectivity index (χ0n) is 33.3. The van der Waals surface area contributed by atoms with Gasteiger partial charge in [-0.15, -0.1) is 0 Å². The second-order valence-electron chi connectivity index (χ2n) is 15.3. The molecular weight excluding hydrogens is 745 g/mol. The van der Waals surface area contributed by atoms with Crippen molar-refractivity contribution in [2.45, 2.75) is 63.7 Å². The number of likely N-dealkylation sites (tertiary alicyclic amines) is 2. The van der Waals surface area contributed by atoms with Crippen LogP contribution in [-0.4, -0.2) is 83.9 Å². The van der Waals surface area contributed by atoms with Crippen molar-refractivity contribution in [3.05, 3.63) is 127 Å². The van der Waals surface area contributed by atoms with Crippen LogP contribution in [-0.2, 0) is 14.3 Å². The van der Waals surface area contributed by atoms with Gasteiger partial charge < -0.3 is 35.1 Å². The third-order valence-corrected chi connectivity index (χ3v) is 11.2. The maximum absolute atomic E-state index is 13.9. The Morgan fingerprint density at radius 3 is 1.69 bits per heavy atom. The SMILES string of the molecule is COC(=O)N[C@@H](C(=O)N1CCC[C@H]1c1ncc(-c2ccc(-c3ccc(-c4cnc([C@@H]5CCCN5C(=O)[C@H](Nc5ncccn5)C(C)C)[nH]4)cc3)cc2)[nH]1)c1ccccc1. The Morgan fingerprint density at radius 2 is 1.19 bits per heavy atom. The molecule has 59 heavy (non-hydrogen) atoms. The van der Waals surface area contributed by atoms with Gasteiger partial charge in [-0.2, -0.15) is 0 Å². The van der Waals surface area contributed by atoms with Gasteiger partial charge in [0.25, 0.3) is 5.91 Å². The second kappa shape index (κ2) is 17.3. The number of carbonyl (C=O) groups excluding carboxylic acids is 3. The molecule has 0 aliphatic carbocycles. The lowest BCUT2D eigenvalue weighted by atomic mass is 10.0. The smallest absolute Gasteiger partial charge is 0.407 e. The summed E-state index contributed by atoms with van der Waals surface area (Å²) in [6.45, 7) is 5.28. The molecule has 3 aromatic heterocycles. The maximum Gasteiger partial charge on any atom is 0.407 e. The highest BCUT2D eigenvalue weighted by Crippen LogP contribution is 2.36. The van der Waals surface area contributed by atoms with Gasteiger partial charge >= 0.3 is 6.09 Å². The van der Waals surface area contributed by atoms with Gasteiger partial charge in [0, 0.05) is 25.5 Å². The quantitative estimate of drug-likeness (QED) is 0.0980. The minimum atomic E-state index is -0.875. The van der Waals surface area contributed by atoms with Gasteiger partial charge in [-0.1, -0.05) is 92.7 Å². The van der Waals surface area contributed by atoms with E-state index in [2.05, 4.69) is 79.1 Å². The molecule has 0 saturated carbocycles. The van der Waals surface area contributed by atoms with Crippen LogP contribution in [0.15, 0.2) is 110 Å². The molecule has 14 nitrogen and oxygen atoms in total. The van der Waals surface area contributed by atoms with Gasteiger partial charge in [0.05, 0.1) is 43.0 Å². The molecule has 4 N–H and O–H groups in total. The lowest BCUT2D eigenvalue weighted by Crippen LogP contribution is -2.45. The van der Waals surface area contributed by atoms with Crippen LogP contribution in [0.5, 0.6) is 0 Å². The number of ether oxygens (including phenoxy) is 1. The van der Waals surface area contributed by atoms with Crippen LogP contribution in [0.3, 0.4) is 0 Å². The first-order chi connectivity index (χ1) is 28.8. The Labute approximate surface area is 342 Å². The van der Waals surface area contributed by atoms with Crippen LogP contribution >= 0.6 is 0 Å². The monoisotopic (exact) mass is 792 g/mol. The van der Waals surface area contributed by atoms with E-state index in [1.807, 2.05) is 55.3 Å². The molecule has 0 unspecified atom stereocenters. The fraction of sp³-hybridized carbons (Fsp3) is 0.311. The van der Waals surface area contributed by atoms with E-state index in [9.17, 15) is 14.4 Å². The van der Waals surface area contributed by atoms with Crippen LogP contribution in [0.25, 0.3) is 33.6 Å². The molecule has 0 radical (unpaired) electrons. The molecule has 5 heterocycles. The highest BCUT2D eigenvalue weighted by atomic mass is 16.5. The largest absolute Gasteiger partial charge is 0.453 e. The van der Waals surface area contributed by atoms with Crippen molar-refractivity contribution in [1.29, 1.82) is 0 Å². The number of aromatic amines is 2. The van der Waals surface area contributed by atoms with Gasteiger partial charge in [-0.3, -0.25) is 9.59 Å². The Hall–Kier alpha value is -6.83. The average molecular weight is 793 g/mol. The molecule has 0 spiro atoms. The number of hydrogen-bond acceptors (Lipinski definition) is 9. The number of alkyl carbamates (subject to hydrolysis) is 1. The van der Waals surface area contributed by atoms with Gasteiger partial charge in [-0.25, -0.2) is 24.7 Å². The summed E-state index contributed by atoms with van der Waals surface area (Å²) >= 11 is 0. The molecule has 14 heteroatoms. The van der Waals surface area contributed by atoms with E-state index in [0.29, 0.717) is 30.4 Å². The van der Waals surface area contributed by atoms with Crippen molar-refractivity contribution in [3.8, 4) is 33.6 Å². The molecule has 6 aromatic rings. The molecule has 3 amide bonds.